The Labute approximate surface area is 107 Å². The van der Waals surface area contributed by atoms with Crippen LogP contribution in [0.15, 0.2) is 12.1 Å². The second-order valence-corrected chi connectivity index (χ2v) is 4.77. The molecule has 96 valence electrons. The molecular weight excluding hydrogens is 226 g/mol. The fourth-order valence-electron chi connectivity index (χ4n) is 1.95. The third kappa shape index (κ3) is 3.29. The van der Waals surface area contributed by atoms with Gasteiger partial charge in [0.2, 0.25) is 5.95 Å². The number of aromatic amines is 1. The van der Waals surface area contributed by atoms with Crippen LogP contribution in [-0.2, 0) is 6.42 Å². The maximum atomic E-state index is 4.37. The summed E-state index contributed by atoms with van der Waals surface area (Å²) in [5.41, 5.74) is 4.09. The third-order valence-corrected chi connectivity index (χ3v) is 2.63. The zero-order valence-electron chi connectivity index (χ0n) is 11.3. The van der Waals surface area contributed by atoms with Crippen molar-refractivity contribution in [2.24, 2.45) is 0 Å². The summed E-state index contributed by atoms with van der Waals surface area (Å²) in [6, 6.07) is 4.27. The fourth-order valence-corrected chi connectivity index (χ4v) is 1.95. The molecule has 0 aliphatic rings. The van der Waals surface area contributed by atoms with Gasteiger partial charge in [-0.2, -0.15) is 5.10 Å². The predicted molar refractivity (Wildman–Crippen MR) is 71.6 cm³/mol. The van der Waals surface area contributed by atoms with Crippen LogP contribution in [0.5, 0.6) is 0 Å². The van der Waals surface area contributed by atoms with Crippen molar-refractivity contribution in [3.05, 3.63) is 34.9 Å². The van der Waals surface area contributed by atoms with Crippen LogP contribution in [0.1, 0.15) is 29.7 Å². The van der Waals surface area contributed by atoms with Crippen molar-refractivity contribution in [3.8, 4) is 0 Å². The summed E-state index contributed by atoms with van der Waals surface area (Å²) in [4.78, 5) is 8.74. The average molecular weight is 245 g/mol. The van der Waals surface area contributed by atoms with Gasteiger partial charge < -0.3 is 5.32 Å². The highest BCUT2D eigenvalue weighted by Crippen LogP contribution is 2.08. The van der Waals surface area contributed by atoms with E-state index in [-0.39, 0.29) is 6.04 Å². The zero-order chi connectivity index (χ0) is 13.1. The molecule has 2 heterocycles. The topological polar surface area (TPSA) is 66.5 Å². The lowest BCUT2D eigenvalue weighted by molar-refractivity contribution is 0.752. The zero-order valence-corrected chi connectivity index (χ0v) is 11.3. The molecule has 2 N–H and O–H groups in total. The molecule has 0 spiro atoms. The second kappa shape index (κ2) is 5.16. The highest BCUT2D eigenvalue weighted by Gasteiger charge is 2.08. The Balaban J connectivity index is 2.00. The molecule has 2 aromatic heterocycles. The number of rotatable bonds is 4. The Kier molecular flexibility index (Phi) is 3.60. The number of aryl methyl sites for hydroxylation is 3. The maximum Gasteiger partial charge on any atom is 0.223 e. The molecule has 0 aliphatic carbocycles. The van der Waals surface area contributed by atoms with Gasteiger partial charge in [-0.05, 0) is 39.8 Å². The molecular formula is C13H19N5. The Morgan fingerprint density at radius 1 is 1.17 bits per heavy atom. The molecule has 0 unspecified atom stereocenters. The van der Waals surface area contributed by atoms with E-state index < -0.39 is 0 Å². The second-order valence-electron chi connectivity index (χ2n) is 4.77. The van der Waals surface area contributed by atoms with Gasteiger partial charge in [0.15, 0.2) is 0 Å². The summed E-state index contributed by atoms with van der Waals surface area (Å²) >= 11 is 0. The Morgan fingerprint density at radius 2 is 1.83 bits per heavy atom. The van der Waals surface area contributed by atoms with E-state index >= 15 is 0 Å². The molecule has 1 atom stereocenters. The molecule has 0 saturated heterocycles. The lowest BCUT2D eigenvalue weighted by Gasteiger charge is -2.13. The lowest BCUT2D eigenvalue weighted by atomic mass is 10.2. The van der Waals surface area contributed by atoms with Gasteiger partial charge in [-0.15, -0.1) is 0 Å². The Hall–Kier alpha value is -1.91. The largest absolute Gasteiger partial charge is 0.351 e. The molecule has 0 saturated carbocycles. The summed E-state index contributed by atoms with van der Waals surface area (Å²) in [6.07, 6.45) is 0.848. The summed E-state index contributed by atoms with van der Waals surface area (Å²) in [5, 5.41) is 10.5. The summed E-state index contributed by atoms with van der Waals surface area (Å²) < 4.78 is 0. The molecule has 0 fully saturated rings. The van der Waals surface area contributed by atoms with Crippen LogP contribution in [0, 0.1) is 20.8 Å². The number of H-pyrrole nitrogens is 1. The van der Waals surface area contributed by atoms with E-state index in [1.54, 1.807) is 0 Å². The first kappa shape index (κ1) is 12.5. The van der Waals surface area contributed by atoms with Gasteiger partial charge >= 0.3 is 0 Å². The molecule has 0 radical (unpaired) electrons. The monoisotopic (exact) mass is 245 g/mol. The van der Waals surface area contributed by atoms with Crippen LogP contribution in [-0.4, -0.2) is 26.2 Å². The van der Waals surface area contributed by atoms with Crippen LogP contribution in [0.25, 0.3) is 0 Å². The van der Waals surface area contributed by atoms with Crippen LogP contribution >= 0.6 is 0 Å². The van der Waals surface area contributed by atoms with Crippen molar-refractivity contribution in [1.29, 1.82) is 0 Å². The van der Waals surface area contributed by atoms with E-state index in [4.69, 9.17) is 0 Å². The summed E-state index contributed by atoms with van der Waals surface area (Å²) in [6.45, 7) is 8.05. The van der Waals surface area contributed by atoms with Gasteiger partial charge in [-0.25, -0.2) is 9.97 Å². The van der Waals surface area contributed by atoms with Gasteiger partial charge in [-0.3, -0.25) is 5.10 Å². The molecule has 0 amide bonds. The highest BCUT2D eigenvalue weighted by atomic mass is 15.1. The minimum atomic E-state index is 0.244. The van der Waals surface area contributed by atoms with E-state index in [1.807, 2.05) is 26.8 Å². The minimum Gasteiger partial charge on any atom is -0.351 e. The van der Waals surface area contributed by atoms with Gasteiger partial charge in [0.1, 0.15) is 0 Å². The maximum absolute atomic E-state index is 4.37. The molecule has 2 rings (SSSR count). The minimum absolute atomic E-state index is 0.244. The molecule has 5 heteroatoms. The van der Waals surface area contributed by atoms with Crippen LogP contribution in [0.2, 0.25) is 0 Å². The van der Waals surface area contributed by atoms with Crippen LogP contribution < -0.4 is 5.32 Å². The molecule has 2 aromatic rings. The van der Waals surface area contributed by atoms with Gasteiger partial charge in [0.05, 0.1) is 5.69 Å². The quantitative estimate of drug-likeness (QED) is 0.866. The number of anilines is 1. The van der Waals surface area contributed by atoms with Gasteiger partial charge in [0, 0.05) is 29.5 Å². The van der Waals surface area contributed by atoms with E-state index in [2.05, 4.69) is 38.5 Å². The number of nitrogens with one attached hydrogen (secondary N) is 2. The standard InChI is InChI=1S/C13H19N5/c1-8-5-9(2)15-13(14-8)16-10(3)6-12-7-11(4)17-18-12/h5,7,10H,6H2,1-4H3,(H,17,18)(H,14,15,16)/t10-/m0/s1. The number of hydrogen-bond donors (Lipinski definition) is 2. The SMILES string of the molecule is Cc1cc(C)nc(N[C@@H](C)Cc2cc(C)[nH]n2)n1. The first-order valence-corrected chi connectivity index (χ1v) is 6.12. The normalized spacial score (nSPS) is 12.4. The predicted octanol–water partition coefficient (Wildman–Crippen LogP) is 2.17. The molecule has 5 nitrogen and oxygen atoms in total. The third-order valence-electron chi connectivity index (χ3n) is 2.63. The van der Waals surface area contributed by atoms with Crippen LogP contribution in [0.4, 0.5) is 5.95 Å². The first-order valence-electron chi connectivity index (χ1n) is 6.12. The summed E-state index contributed by atoms with van der Waals surface area (Å²) in [7, 11) is 0. The first-order chi connectivity index (χ1) is 8.52. The molecule has 0 bridgehead atoms. The Morgan fingerprint density at radius 3 is 2.39 bits per heavy atom. The number of hydrogen-bond acceptors (Lipinski definition) is 4. The molecule has 18 heavy (non-hydrogen) atoms. The average Bonchev–Trinajstić information content (AvgIpc) is 2.61. The highest BCUT2D eigenvalue weighted by molar-refractivity contribution is 5.29. The number of nitrogens with zero attached hydrogens (tertiary/aromatic N) is 3. The lowest BCUT2D eigenvalue weighted by Crippen LogP contribution is -2.20. The van der Waals surface area contributed by atoms with Crippen molar-refractivity contribution in [1.82, 2.24) is 20.2 Å². The van der Waals surface area contributed by atoms with Crippen molar-refractivity contribution in [2.45, 2.75) is 40.2 Å². The Bertz CT molecular complexity index is 512. The van der Waals surface area contributed by atoms with E-state index in [0.717, 1.165) is 29.2 Å². The van der Waals surface area contributed by atoms with E-state index in [9.17, 15) is 0 Å². The molecule has 0 aromatic carbocycles. The fraction of sp³-hybridized carbons (Fsp3) is 0.462. The van der Waals surface area contributed by atoms with Crippen molar-refractivity contribution in [2.75, 3.05) is 5.32 Å². The van der Waals surface area contributed by atoms with Crippen molar-refractivity contribution in [3.63, 3.8) is 0 Å². The van der Waals surface area contributed by atoms with Crippen LogP contribution in [0.3, 0.4) is 0 Å². The van der Waals surface area contributed by atoms with E-state index in [0.29, 0.717) is 5.95 Å². The smallest absolute Gasteiger partial charge is 0.223 e. The molecule has 0 aliphatic heterocycles. The van der Waals surface area contributed by atoms with Gasteiger partial charge in [0.25, 0.3) is 0 Å². The van der Waals surface area contributed by atoms with E-state index in [1.165, 1.54) is 0 Å². The van der Waals surface area contributed by atoms with Gasteiger partial charge in [-0.1, -0.05) is 0 Å². The summed E-state index contributed by atoms with van der Waals surface area (Å²) in [5.74, 6) is 0.687. The van der Waals surface area contributed by atoms with Crippen molar-refractivity contribution < 1.29 is 0 Å². The number of aromatic nitrogens is 4. The van der Waals surface area contributed by atoms with Crippen molar-refractivity contribution >= 4 is 5.95 Å².